The van der Waals surface area contributed by atoms with Crippen molar-refractivity contribution in [1.29, 1.82) is 0 Å². The zero-order valence-corrected chi connectivity index (χ0v) is 12.6. The zero-order valence-electron chi connectivity index (χ0n) is 12.6. The molecular weight excluding hydrogens is 286 g/mol. The Morgan fingerprint density at radius 2 is 2.00 bits per heavy atom. The summed E-state index contributed by atoms with van der Waals surface area (Å²) in [6.45, 7) is -0.355. The van der Waals surface area contributed by atoms with Gasteiger partial charge >= 0.3 is 5.97 Å². The number of carbonyl (C=O) groups excluding carboxylic acids is 2. The maximum absolute atomic E-state index is 11.9. The maximum Gasteiger partial charge on any atom is 0.342 e. The minimum Gasteiger partial charge on any atom is -0.507 e. The second kappa shape index (κ2) is 7.68. The number of esters is 1. The molecule has 6 heteroatoms. The Morgan fingerprint density at radius 3 is 2.68 bits per heavy atom. The number of phenolic OH excluding ortho intramolecular Hbond substituents is 1. The van der Waals surface area contributed by atoms with Crippen molar-refractivity contribution in [1.82, 2.24) is 5.32 Å². The largest absolute Gasteiger partial charge is 0.507 e. The summed E-state index contributed by atoms with van der Waals surface area (Å²) in [6.07, 6.45) is 5.37. The highest BCUT2D eigenvalue weighted by Crippen LogP contribution is 2.23. The third kappa shape index (κ3) is 4.38. The second-order valence-corrected chi connectivity index (χ2v) is 5.36. The minimum atomic E-state index is -0.754. The molecule has 2 rings (SSSR count). The number of phenols is 1. The molecule has 1 saturated carbocycles. The van der Waals surface area contributed by atoms with E-state index in [9.17, 15) is 14.7 Å². The van der Waals surface area contributed by atoms with Crippen molar-refractivity contribution in [3.63, 3.8) is 0 Å². The van der Waals surface area contributed by atoms with Crippen molar-refractivity contribution in [2.75, 3.05) is 13.7 Å². The first kappa shape index (κ1) is 16.1. The van der Waals surface area contributed by atoms with Crippen LogP contribution in [-0.4, -0.2) is 36.7 Å². The van der Waals surface area contributed by atoms with E-state index in [4.69, 9.17) is 9.47 Å². The fraction of sp³-hybridized carbons (Fsp3) is 0.500. The van der Waals surface area contributed by atoms with Crippen LogP contribution < -0.4 is 10.1 Å². The molecule has 0 bridgehead atoms. The van der Waals surface area contributed by atoms with E-state index in [2.05, 4.69) is 5.32 Å². The Hall–Kier alpha value is -2.24. The fourth-order valence-corrected chi connectivity index (χ4v) is 2.53. The first-order chi connectivity index (χ1) is 10.6. The molecule has 6 nitrogen and oxygen atoms in total. The summed E-state index contributed by atoms with van der Waals surface area (Å²) < 4.78 is 9.93. The van der Waals surface area contributed by atoms with Gasteiger partial charge in [0.2, 0.25) is 0 Å². The fourth-order valence-electron chi connectivity index (χ4n) is 2.53. The molecular formula is C16H21NO5. The molecule has 0 aliphatic heterocycles. The van der Waals surface area contributed by atoms with E-state index in [1.807, 2.05) is 0 Å². The number of hydrogen-bond acceptors (Lipinski definition) is 5. The number of ether oxygens (including phenoxy) is 2. The first-order valence-electron chi connectivity index (χ1n) is 7.43. The molecule has 2 N–H and O–H groups in total. The number of benzene rings is 1. The topological polar surface area (TPSA) is 84.9 Å². The Labute approximate surface area is 129 Å². The van der Waals surface area contributed by atoms with Gasteiger partial charge in [-0.05, 0) is 31.0 Å². The number of methoxy groups -OCH3 is 1. The quantitative estimate of drug-likeness (QED) is 0.813. The van der Waals surface area contributed by atoms with Gasteiger partial charge in [0.15, 0.2) is 6.61 Å². The minimum absolute atomic E-state index is 0.0233. The van der Waals surface area contributed by atoms with Gasteiger partial charge in [-0.25, -0.2) is 4.79 Å². The van der Waals surface area contributed by atoms with Gasteiger partial charge in [-0.15, -0.1) is 0 Å². The van der Waals surface area contributed by atoms with E-state index in [-0.39, 0.29) is 29.9 Å². The van der Waals surface area contributed by atoms with Crippen LogP contribution in [0.25, 0.3) is 0 Å². The van der Waals surface area contributed by atoms with Gasteiger partial charge in [-0.3, -0.25) is 4.79 Å². The van der Waals surface area contributed by atoms with Crippen molar-refractivity contribution in [2.45, 2.75) is 38.1 Å². The predicted molar refractivity (Wildman–Crippen MR) is 80.0 cm³/mol. The third-order valence-corrected chi connectivity index (χ3v) is 3.73. The van der Waals surface area contributed by atoms with Crippen LogP contribution in [-0.2, 0) is 9.53 Å². The van der Waals surface area contributed by atoms with Crippen LogP contribution in [0.2, 0.25) is 0 Å². The lowest BCUT2D eigenvalue weighted by Crippen LogP contribution is -2.38. The van der Waals surface area contributed by atoms with Gasteiger partial charge in [0.1, 0.15) is 17.1 Å². The number of rotatable bonds is 5. The van der Waals surface area contributed by atoms with Crippen LogP contribution >= 0.6 is 0 Å². The summed E-state index contributed by atoms with van der Waals surface area (Å²) in [4.78, 5) is 23.7. The van der Waals surface area contributed by atoms with Gasteiger partial charge in [0.05, 0.1) is 7.11 Å². The number of carbonyl (C=O) groups is 2. The average molecular weight is 307 g/mol. The Kier molecular flexibility index (Phi) is 5.63. The van der Waals surface area contributed by atoms with E-state index in [1.165, 1.54) is 31.7 Å². The predicted octanol–water partition coefficient (Wildman–Crippen LogP) is 2.01. The summed E-state index contributed by atoms with van der Waals surface area (Å²) >= 11 is 0. The smallest absolute Gasteiger partial charge is 0.342 e. The summed E-state index contributed by atoms with van der Waals surface area (Å²) in [6, 6.07) is 4.42. The molecule has 120 valence electrons. The summed E-state index contributed by atoms with van der Waals surface area (Å²) in [5.41, 5.74) is -0.0233. The van der Waals surface area contributed by atoms with Crippen molar-refractivity contribution >= 4 is 11.9 Å². The van der Waals surface area contributed by atoms with Crippen molar-refractivity contribution in [2.24, 2.45) is 0 Å². The van der Waals surface area contributed by atoms with Crippen LogP contribution in [0.1, 0.15) is 42.5 Å². The molecule has 0 unspecified atom stereocenters. The van der Waals surface area contributed by atoms with E-state index < -0.39 is 5.97 Å². The number of hydrogen-bond donors (Lipinski definition) is 2. The first-order valence-corrected chi connectivity index (χ1v) is 7.43. The molecule has 22 heavy (non-hydrogen) atoms. The molecule has 1 aliphatic carbocycles. The highest BCUT2D eigenvalue weighted by molar-refractivity contribution is 5.94. The molecule has 1 aliphatic rings. The third-order valence-electron chi connectivity index (χ3n) is 3.73. The lowest BCUT2D eigenvalue weighted by atomic mass is 9.95. The Bertz CT molecular complexity index is 537. The Morgan fingerprint density at radius 1 is 1.27 bits per heavy atom. The summed E-state index contributed by atoms with van der Waals surface area (Å²) in [7, 11) is 1.46. The monoisotopic (exact) mass is 307 g/mol. The molecule has 0 atom stereocenters. The van der Waals surface area contributed by atoms with Crippen molar-refractivity contribution < 1.29 is 24.2 Å². The molecule has 0 spiro atoms. The van der Waals surface area contributed by atoms with E-state index in [1.54, 1.807) is 0 Å². The van der Waals surface area contributed by atoms with E-state index >= 15 is 0 Å². The number of nitrogens with one attached hydrogen (secondary N) is 1. The van der Waals surface area contributed by atoms with Gasteiger partial charge < -0.3 is 19.9 Å². The van der Waals surface area contributed by atoms with E-state index in [0.717, 1.165) is 25.7 Å². The van der Waals surface area contributed by atoms with Crippen LogP contribution in [0.15, 0.2) is 18.2 Å². The molecule has 1 aromatic carbocycles. The average Bonchev–Trinajstić information content (AvgIpc) is 2.54. The number of amides is 1. The molecule has 0 saturated heterocycles. The van der Waals surface area contributed by atoms with Gasteiger partial charge in [0.25, 0.3) is 5.91 Å². The zero-order chi connectivity index (χ0) is 15.9. The van der Waals surface area contributed by atoms with Crippen LogP contribution in [0.4, 0.5) is 0 Å². The van der Waals surface area contributed by atoms with Crippen molar-refractivity contribution in [3.8, 4) is 11.5 Å². The SMILES string of the molecule is COc1ccc(O)c(C(=O)OCC(=O)NC2CCCCC2)c1. The molecule has 1 fully saturated rings. The van der Waals surface area contributed by atoms with Crippen LogP contribution in [0, 0.1) is 0 Å². The second-order valence-electron chi connectivity index (χ2n) is 5.36. The summed E-state index contributed by atoms with van der Waals surface area (Å²) in [5.74, 6) is -0.854. The maximum atomic E-state index is 11.9. The lowest BCUT2D eigenvalue weighted by Gasteiger charge is -2.22. The molecule has 0 heterocycles. The summed E-state index contributed by atoms with van der Waals surface area (Å²) in [5, 5.41) is 12.5. The van der Waals surface area contributed by atoms with Gasteiger partial charge in [-0.2, -0.15) is 0 Å². The normalized spacial score (nSPS) is 15.1. The molecule has 1 aromatic rings. The molecule has 0 radical (unpaired) electrons. The highest BCUT2D eigenvalue weighted by atomic mass is 16.5. The Balaban J connectivity index is 1.85. The highest BCUT2D eigenvalue weighted by Gasteiger charge is 2.18. The van der Waals surface area contributed by atoms with E-state index in [0.29, 0.717) is 5.75 Å². The molecule has 1 amide bonds. The molecule has 0 aromatic heterocycles. The standard InChI is InChI=1S/C16H21NO5/c1-21-12-7-8-14(18)13(9-12)16(20)22-10-15(19)17-11-5-3-2-4-6-11/h7-9,11,18H,2-6,10H2,1H3,(H,17,19). The van der Waals surface area contributed by atoms with Gasteiger partial charge in [0, 0.05) is 6.04 Å². The lowest BCUT2D eigenvalue weighted by molar-refractivity contribution is -0.125. The van der Waals surface area contributed by atoms with Gasteiger partial charge in [-0.1, -0.05) is 19.3 Å². The van der Waals surface area contributed by atoms with Crippen LogP contribution in [0.3, 0.4) is 0 Å². The number of aromatic hydroxyl groups is 1. The van der Waals surface area contributed by atoms with Crippen molar-refractivity contribution in [3.05, 3.63) is 23.8 Å². The van der Waals surface area contributed by atoms with Crippen LogP contribution in [0.5, 0.6) is 11.5 Å².